The van der Waals surface area contributed by atoms with E-state index in [0.29, 0.717) is 23.5 Å². The maximum absolute atomic E-state index is 12.3. The van der Waals surface area contributed by atoms with Gasteiger partial charge in [-0.25, -0.2) is 0 Å². The number of fused-ring (bicyclic) bond motifs is 1. The maximum atomic E-state index is 12.3. The van der Waals surface area contributed by atoms with Crippen molar-refractivity contribution in [3.05, 3.63) is 59.2 Å². The van der Waals surface area contributed by atoms with Gasteiger partial charge in [-0.2, -0.15) is 0 Å². The molecule has 1 amide bonds. The summed E-state index contributed by atoms with van der Waals surface area (Å²) in [5, 5.41) is 0. The van der Waals surface area contributed by atoms with Crippen molar-refractivity contribution < 1.29 is 14.3 Å². The van der Waals surface area contributed by atoms with Crippen LogP contribution in [0.1, 0.15) is 42.3 Å². The predicted molar refractivity (Wildman–Crippen MR) is 93.7 cm³/mol. The van der Waals surface area contributed by atoms with Crippen LogP contribution in [-0.2, 0) is 16.8 Å². The SMILES string of the molecule is CC(C)(C)c1ccc(CN2C(=O)COc3ccc(C=O)cc32)cc1. The average molecular weight is 323 g/mol. The summed E-state index contributed by atoms with van der Waals surface area (Å²) < 4.78 is 5.46. The largest absolute Gasteiger partial charge is 0.482 e. The minimum atomic E-state index is -0.106. The molecular weight excluding hydrogens is 302 g/mol. The number of hydrogen-bond acceptors (Lipinski definition) is 3. The van der Waals surface area contributed by atoms with Crippen LogP contribution in [-0.4, -0.2) is 18.8 Å². The molecule has 4 heteroatoms. The summed E-state index contributed by atoms with van der Waals surface area (Å²) in [6, 6.07) is 13.4. The third-order valence-corrected chi connectivity index (χ3v) is 4.22. The molecule has 0 radical (unpaired) electrons. The van der Waals surface area contributed by atoms with Crippen LogP contribution in [0.4, 0.5) is 5.69 Å². The number of anilines is 1. The van der Waals surface area contributed by atoms with E-state index in [1.807, 2.05) is 12.1 Å². The molecule has 2 aromatic rings. The van der Waals surface area contributed by atoms with E-state index in [1.165, 1.54) is 5.56 Å². The van der Waals surface area contributed by atoms with Crippen LogP contribution in [0.25, 0.3) is 0 Å². The van der Waals surface area contributed by atoms with Gasteiger partial charge < -0.3 is 9.64 Å². The molecular formula is C20H21NO3. The van der Waals surface area contributed by atoms with E-state index in [-0.39, 0.29) is 17.9 Å². The van der Waals surface area contributed by atoms with Crippen LogP contribution in [0, 0.1) is 0 Å². The van der Waals surface area contributed by atoms with Crippen molar-refractivity contribution in [3.63, 3.8) is 0 Å². The molecule has 124 valence electrons. The number of carbonyl (C=O) groups excluding carboxylic acids is 2. The lowest BCUT2D eigenvalue weighted by atomic mass is 9.87. The zero-order valence-corrected chi connectivity index (χ0v) is 14.2. The number of hydrogen-bond donors (Lipinski definition) is 0. The van der Waals surface area contributed by atoms with Gasteiger partial charge in [0.2, 0.25) is 0 Å². The van der Waals surface area contributed by atoms with Crippen LogP contribution in [0.5, 0.6) is 5.75 Å². The highest BCUT2D eigenvalue weighted by Gasteiger charge is 2.26. The Morgan fingerprint density at radius 3 is 2.46 bits per heavy atom. The van der Waals surface area contributed by atoms with Gasteiger partial charge in [0.05, 0.1) is 12.2 Å². The second-order valence-electron chi connectivity index (χ2n) is 7.06. The Hall–Kier alpha value is -2.62. The fourth-order valence-corrected chi connectivity index (χ4v) is 2.76. The van der Waals surface area contributed by atoms with Gasteiger partial charge in [-0.1, -0.05) is 45.0 Å². The number of carbonyl (C=O) groups is 2. The molecule has 0 bridgehead atoms. The van der Waals surface area contributed by atoms with Gasteiger partial charge in [0.15, 0.2) is 6.61 Å². The molecule has 0 atom stereocenters. The van der Waals surface area contributed by atoms with Crippen molar-refractivity contribution in [1.29, 1.82) is 0 Å². The first-order valence-corrected chi connectivity index (χ1v) is 8.00. The van der Waals surface area contributed by atoms with Crippen LogP contribution in [0.15, 0.2) is 42.5 Å². The Labute approximate surface area is 142 Å². The van der Waals surface area contributed by atoms with Gasteiger partial charge in [-0.05, 0) is 34.7 Å². The second-order valence-corrected chi connectivity index (χ2v) is 7.06. The molecule has 1 heterocycles. The van der Waals surface area contributed by atoms with Crippen molar-refractivity contribution in [2.45, 2.75) is 32.7 Å². The summed E-state index contributed by atoms with van der Waals surface area (Å²) in [6.45, 7) is 7.00. The van der Waals surface area contributed by atoms with E-state index >= 15 is 0 Å². The maximum Gasteiger partial charge on any atom is 0.265 e. The highest BCUT2D eigenvalue weighted by molar-refractivity contribution is 5.98. The number of ether oxygens (including phenoxy) is 1. The average Bonchev–Trinajstić information content (AvgIpc) is 2.56. The molecule has 1 aliphatic rings. The minimum Gasteiger partial charge on any atom is -0.482 e. The third-order valence-electron chi connectivity index (χ3n) is 4.22. The molecule has 0 aliphatic carbocycles. The van der Waals surface area contributed by atoms with Crippen molar-refractivity contribution in [1.82, 2.24) is 0 Å². The number of amides is 1. The first kappa shape index (κ1) is 16.2. The smallest absolute Gasteiger partial charge is 0.265 e. The van der Waals surface area contributed by atoms with Gasteiger partial charge in [-0.3, -0.25) is 9.59 Å². The Kier molecular flexibility index (Phi) is 4.14. The Bertz CT molecular complexity index is 772. The molecule has 3 rings (SSSR count). The van der Waals surface area contributed by atoms with Gasteiger partial charge >= 0.3 is 0 Å². The summed E-state index contributed by atoms with van der Waals surface area (Å²) >= 11 is 0. The first-order valence-electron chi connectivity index (χ1n) is 8.00. The molecule has 0 saturated heterocycles. The van der Waals surface area contributed by atoms with E-state index in [1.54, 1.807) is 23.1 Å². The molecule has 0 aromatic heterocycles. The van der Waals surface area contributed by atoms with Crippen molar-refractivity contribution in [2.24, 2.45) is 0 Å². The van der Waals surface area contributed by atoms with E-state index in [9.17, 15) is 9.59 Å². The molecule has 0 spiro atoms. The fraction of sp³-hybridized carbons (Fsp3) is 0.300. The van der Waals surface area contributed by atoms with E-state index in [2.05, 4.69) is 32.9 Å². The van der Waals surface area contributed by atoms with Gasteiger partial charge in [0, 0.05) is 5.56 Å². The van der Waals surface area contributed by atoms with Crippen LogP contribution in [0.3, 0.4) is 0 Å². The number of aldehydes is 1. The molecule has 0 fully saturated rings. The molecule has 0 unspecified atom stereocenters. The summed E-state index contributed by atoms with van der Waals surface area (Å²) in [7, 11) is 0. The van der Waals surface area contributed by atoms with Gasteiger partial charge in [0.25, 0.3) is 5.91 Å². The second kappa shape index (κ2) is 6.11. The number of nitrogens with zero attached hydrogens (tertiary/aromatic N) is 1. The normalized spacial score (nSPS) is 14.1. The lowest BCUT2D eigenvalue weighted by Crippen LogP contribution is -2.38. The lowest BCUT2D eigenvalue weighted by molar-refractivity contribution is -0.121. The Morgan fingerprint density at radius 1 is 1.12 bits per heavy atom. The zero-order chi connectivity index (χ0) is 17.3. The standard InChI is InChI=1S/C20H21NO3/c1-20(2,3)16-7-4-14(5-8-16)11-21-17-10-15(12-22)6-9-18(17)24-13-19(21)23/h4-10,12H,11,13H2,1-3H3. The molecule has 4 nitrogen and oxygen atoms in total. The van der Waals surface area contributed by atoms with Crippen LogP contribution in [0.2, 0.25) is 0 Å². The Morgan fingerprint density at radius 2 is 1.83 bits per heavy atom. The van der Waals surface area contributed by atoms with Crippen molar-refractivity contribution in [3.8, 4) is 5.75 Å². The molecule has 0 saturated carbocycles. The summed E-state index contributed by atoms with van der Waals surface area (Å²) in [4.78, 5) is 25.0. The summed E-state index contributed by atoms with van der Waals surface area (Å²) in [5.41, 5.74) is 3.57. The topological polar surface area (TPSA) is 46.6 Å². The fourth-order valence-electron chi connectivity index (χ4n) is 2.76. The van der Waals surface area contributed by atoms with Crippen LogP contribution < -0.4 is 9.64 Å². The minimum absolute atomic E-state index is 0.0213. The highest BCUT2D eigenvalue weighted by Crippen LogP contribution is 2.34. The monoisotopic (exact) mass is 323 g/mol. The molecule has 24 heavy (non-hydrogen) atoms. The van der Waals surface area contributed by atoms with Gasteiger partial charge in [-0.15, -0.1) is 0 Å². The van der Waals surface area contributed by atoms with E-state index < -0.39 is 0 Å². The summed E-state index contributed by atoms with van der Waals surface area (Å²) in [5.74, 6) is 0.525. The quantitative estimate of drug-likeness (QED) is 0.809. The molecule has 1 aliphatic heterocycles. The van der Waals surface area contributed by atoms with Crippen molar-refractivity contribution >= 4 is 17.9 Å². The van der Waals surface area contributed by atoms with E-state index in [0.717, 1.165) is 11.8 Å². The number of rotatable bonds is 3. The van der Waals surface area contributed by atoms with Crippen molar-refractivity contribution in [2.75, 3.05) is 11.5 Å². The molecule has 2 aromatic carbocycles. The highest BCUT2D eigenvalue weighted by atomic mass is 16.5. The first-order chi connectivity index (χ1) is 11.4. The zero-order valence-electron chi connectivity index (χ0n) is 14.2. The summed E-state index contributed by atoms with van der Waals surface area (Å²) in [6.07, 6.45) is 0.773. The lowest BCUT2D eigenvalue weighted by Gasteiger charge is -2.30. The molecule has 0 N–H and O–H groups in total. The van der Waals surface area contributed by atoms with E-state index in [4.69, 9.17) is 4.74 Å². The third kappa shape index (κ3) is 3.18. The number of benzene rings is 2. The predicted octanol–water partition coefficient (Wildman–Crippen LogP) is 3.72. The van der Waals surface area contributed by atoms with Crippen LogP contribution >= 0.6 is 0 Å². The van der Waals surface area contributed by atoms with Gasteiger partial charge in [0.1, 0.15) is 12.0 Å². The Balaban J connectivity index is 1.90.